The van der Waals surface area contributed by atoms with Crippen LogP contribution in [0.5, 0.6) is 0 Å². The van der Waals surface area contributed by atoms with Gasteiger partial charge >= 0.3 is 0 Å². The Kier molecular flexibility index (Phi) is 4.04. The zero-order valence-corrected chi connectivity index (χ0v) is 11.1. The fraction of sp³-hybridized carbons (Fsp3) is 0.462. The molecule has 0 unspecified atom stereocenters. The summed E-state index contributed by atoms with van der Waals surface area (Å²) < 4.78 is 1.93. The molecule has 2 aromatic rings. The van der Waals surface area contributed by atoms with Crippen molar-refractivity contribution >= 4 is 0 Å². The molecule has 0 fully saturated rings. The number of hydrogen-bond acceptors (Lipinski definition) is 4. The molecule has 5 heteroatoms. The molecule has 2 rings (SSSR count). The molecule has 0 saturated carbocycles. The van der Waals surface area contributed by atoms with Crippen LogP contribution in [0.15, 0.2) is 18.6 Å². The Bertz CT molecular complexity index is 518. The summed E-state index contributed by atoms with van der Waals surface area (Å²) in [6.07, 6.45) is 6.44. The summed E-state index contributed by atoms with van der Waals surface area (Å²) in [6, 6.07) is 0. The predicted octanol–water partition coefficient (Wildman–Crippen LogP) is 1.64. The molecule has 18 heavy (non-hydrogen) atoms. The minimum absolute atomic E-state index is 0.696. The van der Waals surface area contributed by atoms with Gasteiger partial charge in [-0.15, -0.1) is 0 Å². The summed E-state index contributed by atoms with van der Waals surface area (Å²) in [4.78, 5) is 13.2. The van der Waals surface area contributed by atoms with Crippen molar-refractivity contribution in [2.75, 3.05) is 6.54 Å². The molecule has 0 amide bonds. The predicted molar refractivity (Wildman–Crippen MR) is 70.6 cm³/mol. The number of aryl methyl sites for hydroxylation is 2. The Morgan fingerprint density at radius 2 is 2.11 bits per heavy atom. The van der Waals surface area contributed by atoms with Crippen molar-refractivity contribution in [1.82, 2.24) is 24.8 Å². The third-order valence-corrected chi connectivity index (χ3v) is 2.88. The van der Waals surface area contributed by atoms with Crippen LogP contribution >= 0.6 is 0 Å². The third kappa shape index (κ3) is 2.56. The van der Waals surface area contributed by atoms with Gasteiger partial charge in [-0.25, -0.2) is 15.0 Å². The first kappa shape index (κ1) is 12.7. The average molecular weight is 245 g/mol. The molecule has 2 heterocycles. The van der Waals surface area contributed by atoms with Crippen molar-refractivity contribution in [1.29, 1.82) is 0 Å². The van der Waals surface area contributed by atoms with Crippen LogP contribution in [0.25, 0.3) is 5.95 Å². The van der Waals surface area contributed by atoms with Crippen molar-refractivity contribution in [2.45, 2.75) is 33.7 Å². The van der Waals surface area contributed by atoms with E-state index in [4.69, 9.17) is 0 Å². The van der Waals surface area contributed by atoms with Crippen molar-refractivity contribution in [2.24, 2.45) is 0 Å². The van der Waals surface area contributed by atoms with Gasteiger partial charge in [0.25, 0.3) is 0 Å². The van der Waals surface area contributed by atoms with Gasteiger partial charge in [-0.2, -0.15) is 0 Å². The summed E-state index contributed by atoms with van der Waals surface area (Å²) in [5, 5.41) is 3.28. The molecule has 0 radical (unpaired) electrons. The van der Waals surface area contributed by atoms with Gasteiger partial charge in [0.1, 0.15) is 5.82 Å². The second-order valence-electron chi connectivity index (χ2n) is 4.13. The van der Waals surface area contributed by atoms with Gasteiger partial charge in [-0.05, 0) is 13.5 Å². The molecule has 0 aliphatic carbocycles. The minimum Gasteiger partial charge on any atom is -0.313 e. The van der Waals surface area contributed by atoms with Crippen molar-refractivity contribution < 1.29 is 0 Å². The Hall–Kier alpha value is -1.75. The molecule has 96 valence electrons. The van der Waals surface area contributed by atoms with E-state index in [2.05, 4.69) is 34.1 Å². The molecular weight excluding hydrogens is 226 g/mol. The summed E-state index contributed by atoms with van der Waals surface area (Å²) in [5.74, 6) is 1.68. The molecule has 0 saturated heterocycles. The van der Waals surface area contributed by atoms with Crippen LogP contribution in [0, 0.1) is 6.92 Å². The van der Waals surface area contributed by atoms with E-state index in [9.17, 15) is 0 Å². The highest BCUT2D eigenvalue weighted by atomic mass is 15.2. The van der Waals surface area contributed by atoms with Gasteiger partial charge in [0.05, 0.1) is 0 Å². The van der Waals surface area contributed by atoms with Gasteiger partial charge in [-0.1, -0.05) is 13.8 Å². The first-order valence-electron chi connectivity index (χ1n) is 6.32. The summed E-state index contributed by atoms with van der Waals surface area (Å²) in [6.45, 7) is 7.94. The van der Waals surface area contributed by atoms with Crippen LogP contribution in [0.1, 0.15) is 30.9 Å². The van der Waals surface area contributed by atoms with Gasteiger partial charge in [0, 0.05) is 42.8 Å². The van der Waals surface area contributed by atoms with Crippen LogP contribution in [0.3, 0.4) is 0 Å². The van der Waals surface area contributed by atoms with E-state index in [0.717, 1.165) is 36.6 Å². The lowest BCUT2D eigenvalue weighted by atomic mass is 10.2. The maximum Gasteiger partial charge on any atom is 0.235 e. The van der Waals surface area contributed by atoms with E-state index < -0.39 is 0 Å². The normalized spacial score (nSPS) is 10.8. The highest BCUT2D eigenvalue weighted by Crippen LogP contribution is 2.09. The number of rotatable bonds is 5. The second-order valence-corrected chi connectivity index (χ2v) is 4.13. The Balaban J connectivity index is 2.28. The van der Waals surface area contributed by atoms with E-state index >= 15 is 0 Å². The standard InChI is InChI=1S/C13H19N5/c1-4-12-15-6-7-18(12)13-16-9-11(8-14-5-2)10(3)17-13/h6-7,9,14H,4-5,8H2,1-3H3. The van der Waals surface area contributed by atoms with Gasteiger partial charge < -0.3 is 5.32 Å². The molecule has 2 aromatic heterocycles. The summed E-state index contributed by atoms with van der Waals surface area (Å²) in [7, 11) is 0. The van der Waals surface area contributed by atoms with E-state index in [1.165, 1.54) is 0 Å². The molecule has 0 atom stereocenters. The van der Waals surface area contributed by atoms with E-state index in [0.29, 0.717) is 5.95 Å². The minimum atomic E-state index is 0.696. The maximum atomic E-state index is 4.55. The number of imidazole rings is 1. The zero-order chi connectivity index (χ0) is 13.0. The smallest absolute Gasteiger partial charge is 0.235 e. The van der Waals surface area contributed by atoms with Crippen molar-refractivity contribution in [3.8, 4) is 5.95 Å². The first-order valence-corrected chi connectivity index (χ1v) is 6.32. The van der Waals surface area contributed by atoms with Crippen LogP contribution in [0.4, 0.5) is 0 Å². The fourth-order valence-corrected chi connectivity index (χ4v) is 1.81. The largest absolute Gasteiger partial charge is 0.313 e. The highest BCUT2D eigenvalue weighted by Gasteiger charge is 2.07. The third-order valence-electron chi connectivity index (χ3n) is 2.88. The van der Waals surface area contributed by atoms with Crippen molar-refractivity contribution in [3.05, 3.63) is 35.7 Å². The van der Waals surface area contributed by atoms with Crippen molar-refractivity contribution in [3.63, 3.8) is 0 Å². The van der Waals surface area contributed by atoms with Crippen LogP contribution in [-0.2, 0) is 13.0 Å². The lowest BCUT2D eigenvalue weighted by Gasteiger charge is -2.09. The van der Waals surface area contributed by atoms with Crippen LogP contribution < -0.4 is 5.32 Å². The topological polar surface area (TPSA) is 55.6 Å². The van der Waals surface area contributed by atoms with E-state index in [-0.39, 0.29) is 0 Å². The zero-order valence-electron chi connectivity index (χ0n) is 11.1. The number of hydrogen-bond donors (Lipinski definition) is 1. The number of nitrogens with zero attached hydrogens (tertiary/aromatic N) is 4. The lowest BCUT2D eigenvalue weighted by Crippen LogP contribution is -2.14. The first-order chi connectivity index (χ1) is 8.76. The molecule has 0 spiro atoms. The Morgan fingerprint density at radius 3 is 2.78 bits per heavy atom. The fourth-order valence-electron chi connectivity index (χ4n) is 1.81. The lowest BCUT2D eigenvalue weighted by molar-refractivity contribution is 0.711. The molecular formula is C13H19N5. The Labute approximate surface area is 107 Å². The monoisotopic (exact) mass is 245 g/mol. The second kappa shape index (κ2) is 5.73. The molecule has 0 bridgehead atoms. The van der Waals surface area contributed by atoms with Gasteiger partial charge in [0.15, 0.2) is 0 Å². The maximum absolute atomic E-state index is 4.55. The highest BCUT2D eigenvalue weighted by molar-refractivity contribution is 5.23. The quantitative estimate of drug-likeness (QED) is 0.870. The van der Waals surface area contributed by atoms with Crippen LogP contribution in [0.2, 0.25) is 0 Å². The summed E-state index contributed by atoms with van der Waals surface area (Å²) in [5.41, 5.74) is 2.15. The molecule has 5 nitrogen and oxygen atoms in total. The summed E-state index contributed by atoms with van der Waals surface area (Å²) >= 11 is 0. The molecule has 0 aromatic carbocycles. The van der Waals surface area contributed by atoms with E-state index in [1.54, 1.807) is 6.20 Å². The van der Waals surface area contributed by atoms with Crippen LogP contribution in [-0.4, -0.2) is 26.1 Å². The SMILES string of the molecule is CCNCc1cnc(-n2ccnc2CC)nc1C. The molecule has 0 aliphatic heterocycles. The Morgan fingerprint density at radius 1 is 1.28 bits per heavy atom. The molecule has 1 N–H and O–H groups in total. The van der Waals surface area contributed by atoms with Gasteiger partial charge in [-0.3, -0.25) is 4.57 Å². The number of nitrogens with one attached hydrogen (secondary N) is 1. The van der Waals surface area contributed by atoms with Gasteiger partial charge in [0.2, 0.25) is 5.95 Å². The molecule has 0 aliphatic rings. The number of aromatic nitrogens is 4. The average Bonchev–Trinajstić information content (AvgIpc) is 2.85. The van der Waals surface area contributed by atoms with E-state index in [1.807, 2.05) is 23.9 Å².